The largest absolute Gasteiger partial charge is 0.492 e. The van der Waals surface area contributed by atoms with Crippen LogP contribution in [0, 0.1) is 48.9 Å². The van der Waals surface area contributed by atoms with Gasteiger partial charge in [-0.2, -0.15) is 5.26 Å². The zero-order valence-corrected chi connectivity index (χ0v) is 55.3. The molecule has 1 aromatic heterocycles. The van der Waals surface area contributed by atoms with E-state index in [2.05, 4.69) is 110 Å². The summed E-state index contributed by atoms with van der Waals surface area (Å²) in [6, 6.07) is 33.6. The lowest BCUT2D eigenvalue weighted by atomic mass is 9.88. The molecule has 4 atom stereocenters. The first kappa shape index (κ1) is 71.5. The fraction of sp³-hybridized carbons (Fsp3) is 0.338. The molecule has 2 amide bonds. The van der Waals surface area contributed by atoms with Crippen molar-refractivity contribution in [1.82, 2.24) is 20.2 Å². The fourth-order valence-corrected chi connectivity index (χ4v) is 10.3. The number of hydrogen-bond acceptors (Lipinski definition) is 14. The quantitative estimate of drug-likeness (QED) is 0.0334. The molecule has 0 saturated carbocycles. The first-order valence-corrected chi connectivity index (χ1v) is 31.0. The highest BCUT2D eigenvalue weighted by Crippen LogP contribution is 2.41. The van der Waals surface area contributed by atoms with Crippen molar-refractivity contribution in [2.75, 3.05) is 39.9 Å². The number of aldehydes is 1. The SMILES string of the molecule is CC(C)=C(C)c1ccc(Br)cc1.CC(C)=Cc1ccc(C#Cc2nc(C)c(C(=O)C[C@@H](CCN)C(=O)N(C)[C@@H]3C(=O)C[C@@H](C)C(=O)N[C@H](C(=O)CCC#N)Cc4ccc(OCCN)c(c4)-c4cc3ccc4OCCN)c(C)n2)cc1.O=Cc1ccc(Br)cc1. The summed E-state index contributed by atoms with van der Waals surface area (Å²) < 4.78 is 14.4. The van der Waals surface area contributed by atoms with Crippen LogP contribution in [0.1, 0.15) is 145 Å². The van der Waals surface area contributed by atoms with E-state index in [0.29, 0.717) is 50.7 Å². The second kappa shape index (κ2) is 35.7. The minimum Gasteiger partial charge on any atom is -0.492 e. The van der Waals surface area contributed by atoms with Crippen LogP contribution in [-0.4, -0.2) is 96.3 Å². The number of hydrogen-bond donors (Lipinski definition) is 4. The second-order valence-corrected chi connectivity index (χ2v) is 23.9. The van der Waals surface area contributed by atoms with E-state index in [9.17, 15) is 34.0 Å². The maximum absolute atomic E-state index is 14.8. The molecular weight excluding hydrogens is 1250 g/mol. The van der Waals surface area contributed by atoms with Gasteiger partial charge in [0.1, 0.15) is 37.0 Å². The van der Waals surface area contributed by atoms with Crippen LogP contribution in [0.5, 0.6) is 11.5 Å². The molecule has 18 heteroatoms. The number of aromatic nitrogens is 2. The van der Waals surface area contributed by atoms with E-state index in [-0.39, 0.29) is 94.3 Å². The average Bonchev–Trinajstić information content (AvgIpc) is 2.69. The maximum Gasteiger partial charge on any atom is 0.226 e. The number of amides is 2. The third-order valence-corrected chi connectivity index (χ3v) is 15.6. The van der Waals surface area contributed by atoms with Crippen LogP contribution in [-0.2, 0) is 25.6 Å². The Hall–Kier alpha value is -8.23. The molecule has 1 aliphatic rings. The number of likely N-dealkylation sites (N-methyl/N-ethyl adjacent to an activating group) is 1. The number of Topliss-reactive ketones (excluding diaryl/α,β-unsaturated/α-hetero) is 3. The van der Waals surface area contributed by atoms with E-state index >= 15 is 0 Å². The maximum atomic E-state index is 14.8. The summed E-state index contributed by atoms with van der Waals surface area (Å²) >= 11 is 6.67. The van der Waals surface area contributed by atoms with E-state index in [1.807, 2.05) is 62.4 Å². The van der Waals surface area contributed by atoms with Crippen LogP contribution in [0.3, 0.4) is 0 Å². The molecule has 89 heavy (non-hydrogen) atoms. The van der Waals surface area contributed by atoms with Crippen molar-refractivity contribution in [1.29, 1.82) is 5.26 Å². The van der Waals surface area contributed by atoms with Crippen molar-refractivity contribution >= 4 is 79.0 Å². The molecule has 0 unspecified atom stereocenters. The molecule has 0 saturated heterocycles. The normalized spacial score (nSPS) is 14.6. The standard InChI is InChI=1S/C53H62N8O7.C11H13Br.C7H5BrO/c1-32(2)26-37-11-9-36(10-12-37)14-18-49-58-34(4)50(35(5)59-49)45(63)31-40(19-21-55)53(66)61(6)51-39-15-17-48(68-25-23-57)42(30-39)41-28-38(13-16-47(41)67-24-22-56)29-43(44(62)8-7-20-54)60-52(65)33(3)27-46(51)64;1-8(2)9(3)10-4-6-11(12)7-5-10;8-7-3-1-6(5-9)2-4-7/h9-13,15-17,26,28,30,33,40,43,51H,7-8,19,21-25,27,29,31,55-57H2,1-6H3,(H,60,65);4-7H,1-3H3;1-5H/t33-,40-,43+,51+;;/m1../s1. The Morgan fingerprint density at radius 2 is 1.34 bits per heavy atom. The molecule has 7 rings (SSSR count). The third kappa shape index (κ3) is 21.5. The van der Waals surface area contributed by atoms with E-state index in [1.165, 1.54) is 34.2 Å². The lowest BCUT2D eigenvalue weighted by Gasteiger charge is -2.32. The Kier molecular flexibility index (Phi) is 28.7. The van der Waals surface area contributed by atoms with Crippen LogP contribution in [0.15, 0.2) is 129 Å². The molecule has 16 nitrogen and oxygen atoms in total. The number of carbonyl (C=O) groups is 6. The molecule has 0 spiro atoms. The Balaban J connectivity index is 0.000000573. The predicted octanol–water partition coefficient (Wildman–Crippen LogP) is 12.0. The van der Waals surface area contributed by atoms with Gasteiger partial charge in [0.25, 0.3) is 0 Å². The van der Waals surface area contributed by atoms with Crippen LogP contribution in [0.25, 0.3) is 22.8 Å². The number of nitriles is 1. The second-order valence-electron chi connectivity index (χ2n) is 22.1. The fourth-order valence-electron chi connectivity index (χ4n) is 9.80. The lowest BCUT2D eigenvalue weighted by molar-refractivity contribution is -0.142. The van der Waals surface area contributed by atoms with Crippen LogP contribution in [0.4, 0.5) is 0 Å². The molecule has 0 fully saturated rings. The number of fused-ring (bicyclic) bond motifs is 5. The number of nitrogens with zero attached hydrogens (tertiary/aromatic N) is 4. The molecule has 7 N–H and O–H groups in total. The first-order valence-electron chi connectivity index (χ1n) is 29.4. The Labute approximate surface area is 540 Å². The highest BCUT2D eigenvalue weighted by atomic mass is 79.9. The number of benzene rings is 5. The highest BCUT2D eigenvalue weighted by molar-refractivity contribution is 9.10. The van der Waals surface area contributed by atoms with Crippen molar-refractivity contribution in [2.45, 2.75) is 106 Å². The molecule has 5 aromatic carbocycles. The smallest absolute Gasteiger partial charge is 0.226 e. The van der Waals surface area contributed by atoms with E-state index in [4.69, 9.17) is 26.7 Å². The summed E-state index contributed by atoms with van der Waals surface area (Å²) in [7, 11) is 1.49. The zero-order chi connectivity index (χ0) is 65.3. The van der Waals surface area contributed by atoms with E-state index in [0.717, 1.165) is 26.4 Å². The van der Waals surface area contributed by atoms with E-state index < -0.39 is 41.5 Å². The molecule has 1 aliphatic heterocycles. The molecule has 466 valence electrons. The summed E-state index contributed by atoms with van der Waals surface area (Å²) in [5, 5.41) is 12.1. The number of rotatable bonds is 19. The number of halogens is 2. The number of ether oxygens (including phenoxy) is 2. The van der Waals surface area contributed by atoms with Gasteiger partial charge in [-0.15, -0.1) is 0 Å². The molecule has 4 bridgehead atoms. The Morgan fingerprint density at radius 1 is 0.764 bits per heavy atom. The molecule has 0 radical (unpaired) electrons. The number of nitrogens with two attached hydrogens (primary N) is 3. The first-order chi connectivity index (χ1) is 42.5. The summed E-state index contributed by atoms with van der Waals surface area (Å²) in [5.41, 5.74) is 28.8. The minimum absolute atomic E-state index is 0.0360. The van der Waals surface area contributed by atoms with Gasteiger partial charge in [0.2, 0.25) is 17.6 Å². The lowest BCUT2D eigenvalue weighted by Crippen LogP contribution is -2.46. The van der Waals surface area contributed by atoms with Gasteiger partial charge in [0.05, 0.1) is 29.1 Å². The van der Waals surface area contributed by atoms with Gasteiger partial charge in [-0.25, -0.2) is 9.97 Å². The summed E-state index contributed by atoms with van der Waals surface area (Å²) in [5.74, 6) is 3.06. The molecule has 2 heterocycles. The average molecular weight is 1330 g/mol. The van der Waals surface area contributed by atoms with E-state index in [1.54, 1.807) is 63.2 Å². The monoisotopic (exact) mass is 1330 g/mol. The van der Waals surface area contributed by atoms with Crippen LogP contribution >= 0.6 is 31.9 Å². The van der Waals surface area contributed by atoms with Gasteiger partial charge in [0.15, 0.2) is 17.3 Å². The topological polar surface area (TPSA) is 264 Å². The summed E-state index contributed by atoms with van der Waals surface area (Å²) in [6.07, 6.45) is 2.44. The van der Waals surface area contributed by atoms with Gasteiger partial charge >= 0.3 is 0 Å². The zero-order valence-electron chi connectivity index (χ0n) is 52.2. The van der Waals surface area contributed by atoms with Gasteiger partial charge in [-0.05, 0) is 162 Å². The van der Waals surface area contributed by atoms with Crippen LogP contribution < -0.4 is 32.0 Å². The van der Waals surface area contributed by atoms with Gasteiger partial charge in [0, 0.05) is 88.9 Å². The van der Waals surface area contributed by atoms with Gasteiger partial charge in [-0.1, -0.05) is 110 Å². The number of aryl methyl sites for hydroxylation is 2. The Bertz CT molecular complexity index is 3610. The van der Waals surface area contributed by atoms with Crippen molar-refractivity contribution in [3.05, 3.63) is 185 Å². The summed E-state index contributed by atoms with van der Waals surface area (Å²) in [6.45, 7) is 16.3. The van der Waals surface area contributed by atoms with Crippen molar-refractivity contribution in [3.8, 4) is 40.5 Å². The minimum atomic E-state index is -1.25. The third-order valence-electron chi connectivity index (χ3n) is 14.6. The van der Waals surface area contributed by atoms with Crippen molar-refractivity contribution < 1.29 is 38.2 Å². The van der Waals surface area contributed by atoms with Gasteiger partial charge in [-0.3, -0.25) is 28.8 Å². The molecule has 6 aromatic rings. The van der Waals surface area contributed by atoms with Crippen LogP contribution in [0.2, 0.25) is 0 Å². The van der Waals surface area contributed by atoms with Crippen molar-refractivity contribution in [3.63, 3.8) is 0 Å². The number of ketones is 3. The number of carbonyl (C=O) groups excluding carboxylic acids is 6. The summed E-state index contributed by atoms with van der Waals surface area (Å²) in [4.78, 5) is 91.6. The number of allylic oxidation sites excluding steroid dienone is 3. The van der Waals surface area contributed by atoms with Crippen molar-refractivity contribution in [2.24, 2.45) is 29.0 Å². The Morgan fingerprint density at radius 3 is 1.89 bits per heavy atom. The molecular formula is C71H80Br2N8O8. The number of nitrogens with one attached hydrogen (secondary N) is 1. The highest BCUT2D eigenvalue weighted by Gasteiger charge is 2.36. The predicted molar refractivity (Wildman–Crippen MR) is 358 cm³/mol. The van der Waals surface area contributed by atoms with Gasteiger partial charge < -0.3 is 36.9 Å². The molecule has 0 aliphatic carbocycles.